The molecule has 1 heterocycles. The third-order valence-corrected chi connectivity index (χ3v) is 5.32. The van der Waals surface area contributed by atoms with Gasteiger partial charge in [-0.15, -0.1) is 10.2 Å². The maximum absolute atomic E-state index is 12.6. The van der Waals surface area contributed by atoms with Crippen LogP contribution in [0.3, 0.4) is 0 Å². The van der Waals surface area contributed by atoms with Crippen LogP contribution in [0.5, 0.6) is 0 Å². The summed E-state index contributed by atoms with van der Waals surface area (Å²) in [4.78, 5) is 0. The molecule has 0 aliphatic heterocycles. The summed E-state index contributed by atoms with van der Waals surface area (Å²) >= 11 is 5.85. The lowest BCUT2D eigenvalue weighted by atomic mass is 10.1. The smallest absolute Gasteiger partial charge is 0.234 e. The Morgan fingerprint density at radius 1 is 1.04 bits per heavy atom. The summed E-state index contributed by atoms with van der Waals surface area (Å²) in [7, 11) is -3.63. The number of aromatic nitrogens is 2. The summed E-state index contributed by atoms with van der Waals surface area (Å²) in [5.74, 6) is 0.462. The van der Waals surface area contributed by atoms with Gasteiger partial charge in [-0.25, -0.2) is 13.1 Å². The number of rotatable bonds is 7. The average molecular weight is 392 g/mol. The molecule has 1 aromatic heterocycles. The van der Waals surface area contributed by atoms with Gasteiger partial charge in [0.2, 0.25) is 21.8 Å². The number of nitrogens with zero attached hydrogens (tertiary/aromatic N) is 2. The van der Waals surface area contributed by atoms with Crippen molar-refractivity contribution in [3.63, 3.8) is 0 Å². The molecule has 0 spiro atoms. The van der Waals surface area contributed by atoms with Crippen molar-refractivity contribution >= 4 is 21.6 Å². The van der Waals surface area contributed by atoms with Gasteiger partial charge in [0.1, 0.15) is 6.04 Å². The summed E-state index contributed by atoms with van der Waals surface area (Å²) in [5.41, 5.74) is 1.60. The van der Waals surface area contributed by atoms with Gasteiger partial charge < -0.3 is 4.42 Å². The van der Waals surface area contributed by atoms with E-state index in [4.69, 9.17) is 16.0 Å². The summed E-state index contributed by atoms with van der Waals surface area (Å²) in [6, 6.07) is 15.6. The monoisotopic (exact) mass is 391 g/mol. The molecule has 136 valence electrons. The minimum Gasteiger partial charge on any atom is -0.424 e. The van der Waals surface area contributed by atoms with Gasteiger partial charge in [-0.1, -0.05) is 54.1 Å². The van der Waals surface area contributed by atoms with Crippen LogP contribution in [0.2, 0.25) is 5.02 Å². The van der Waals surface area contributed by atoms with Crippen molar-refractivity contribution in [3.05, 3.63) is 82.5 Å². The third kappa shape index (κ3) is 5.14. The first kappa shape index (κ1) is 18.6. The molecule has 0 saturated carbocycles. The highest BCUT2D eigenvalue weighted by Gasteiger charge is 2.24. The van der Waals surface area contributed by atoms with Crippen molar-refractivity contribution in [2.45, 2.75) is 25.1 Å². The molecule has 1 atom stereocenters. The number of aryl methyl sites for hydroxylation is 1. The fourth-order valence-corrected chi connectivity index (χ4v) is 4.00. The molecule has 8 heteroatoms. The predicted octanol–water partition coefficient (Wildman–Crippen LogP) is 3.43. The second-order valence-corrected chi connectivity index (χ2v) is 8.10. The van der Waals surface area contributed by atoms with Crippen LogP contribution in [0, 0.1) is 6.92 Å². The minimum atomic E-state index is -3.63. The van der Waals surface area contributed by atoms with Gasteiger partial charge in [-0.05, 0) is 29.7 Å². The Balaban J connectivity index is 1.81. The van der Waals surface area contributed by atoms with Gasteiger partial charge in [0.05, 0.1) is 5.75 Å². The molecule has 26 heavy (non-hydrogen) atoms. The maximum atomic E-state index is 12.6. The zero-order chi connectivity index (χ0) is 18.6. The number of benzene rings is 2. The van der Waals surface area contributed by atoms with E-state index in [-0.39, 0.29) is 11.6 Å². The van der Waals surface area contributed by atoms with Crippen LogP contribution in [0.1, 0.15) is 29.0 Å². The van der Waals surface area contributed by atoms with E-state index in [1.54, 1.807) is 31.2 Å². The second kappa shape index (κ2) is 7.99. The first-order valence-electron chi connectivity index (χ1n) is 8.00. The predicted molar refractivity (Wildman–Crippen MR) is 99.1 cm³/mol. The Bertz CT molecular complexity index is 957. The number of sulfonamides is 1. The zero-order valence-electron chi connectivity index (χ0n) is 14.1. The van der Waals surface area contributed by atoms with E-state index in [0.717, 1.165) is 5.56 Å². The van der Waals surface area contributed by atoms with Crippen molar-refractivity contribution in [2.24, 2.45) is 0 Å². The fourth-order valence-electron chi connectivity index (χ4n) is 2.54. The molecular weight excluding hydrogens is 374 g/mol. The third-order valence-electron chi connectivity index (χ3n) is 3.71. The number of halogens is 1. The molecule has 0 amide bonds. The number of nitrogens with one attached hydrogen (secondary N) is 1. The average Bonchev–Trinajstić information content (AvgIpc) is 3.03. The Hall–Kier alpha value is -2.22. The van der Waals surface area contributed by atoms with E-state index >= 15 is 0 Å². The summed E-state index contributed by atoms with van der Waals surface area (Å²) < 4.78 is 33.4. The molecule has 0 fully saturated rings. The number of hydrogen-bond acceptors (Lipinski definition) is 5. The van der Waals surface area contributed by atoms with Gasteiger partial charge in [0.25, 0.3) is 0 Å². The molecule has 0 aliphatic rings. The van der Waals surface area contributed by atoms with Crippen molar-refractivity contribution in [3.8, 4) is 0 Å². The van der Waals surface area contributed by atoms with Crippen LogP contribution < -0.4 is 4.72 Å². The normalized spacial score (nSPS) is 12.8. The molecule has 3 rings (SSSR count). The lowest BCUT2D eigenvalue weighted by Crippen LogP contribution is -2.31. The van der Waals surface area contributed by atoms with E-state index < -0.39 is 16.1 Å². The second-order valence-electron chi connectivity index (χ2n) is 5.91. The van der Waals surface area contributed by atoms with E-state index in [1.807, 2.05) is 30.3 Å². The van der Waals surface area contributed by atoms with Crippen LogP contribution in [0.15, 0.2) is 59.0 Å². The highest BCUT2D eigenvalue weighted by Crippen LogP contribution is 2.20. The van der Waals surface area contributed by atoms with Crippen molar-refractivity contribution < 1.29 is 12.8 Å². The van der Waals surface area contributed by atoms with Gasteiger partial charge in [-0.3, -0.25) is 0 Å². The standard InChI is InChI=1S/C18H18ClN3O3S/c1-13-20-21-18(25-13)17(11-14-5-3-2-4-6-14)22-26(23,24)12-15-7-9-16(19)10-8-15/h2-10,17,22H,11-12H2,1H3. The molecule has 3 aromatic rings. The quantitative estimate of drug-likeness (QED) is 0.666. The Kier molecular flexibility index (Phi) is 5.70. The number of hydrogen-bond donors (Lipinski definition) is 1. The van der Waals surface area contributed by atoms with Gasteiger partial charge in [-0.2, -0.15) is 0 Å². The highest BCUT2D eigenvalue weighted by molar-refractivity contribution is 7.88. The van der Waals surface area contributed by atoms with Gasteiger partial charge >= 0.3 is 0 Å². The zero-order valence-corrected chi connectivity index (χ0v) is 15.7. The molecule has 0 saturated heterocycles. The minimum absolute atomic E-state index is 0.164. The molecule has 0 radical (unpaired) electrons. The van der Waals surface area contributed by atoms with Crippen LogP contribution >= 0.6 is 11.6 Å². The molecule has 0 aliphatic carbocycles. The SMILES string of the molecule is Cc1nnc(C(Cc2ccccc2)NS(=O)(=O)Cc2ccc(Cl)cc2)o1. The van der Waals surface area contributed by atoms with Crippen molar-refractivity contribution in [1.29, 1.82) is 0 Å². The van der Waals surface area contributed by atoms with Crippen molar-refractivity contribution in [1.82, 2.24) is 14.9 Å². The van der Waals surface area contributed by atoms with Crippen molar-refractivity contribution in [2.75, 3.05) is 0 Å². The Morgan fingerprint density at radius 3 is 2.35 bits per heavy atom. The van der Waals surface area contributed by atoms with Crippen LogP contribution in [-0.4, -0.2) is 18.6 Å². The van der Waals surface area contributed by atoms with E-state index in [2.05, 4.69) is 14.9 Å². The fraction of sp³-hybridized carbons (Fsp3) is 0.222. The van der Waals surface area contributed by atoms with E-state index in [9.17, 15) is 8.42 Å². The first-order chi connectivity index (χ1) is 12.4. The summed E-state index contributed by atoms with van der Waals surface area (Å²) in [6.45, 7) is 1.66. The molecule has 1 unspecified atom stereocenters. The van der Waals surface area contributed by atoms with Gasteiger partial charge in [0.15, 0.2) is 0 Å². The first-order valence-corrected chi connectivity index (χ1v) is 10.0. The molecule has 2 aromatic carbocycles. The van der Waals surface area contributed by atoms with Crippen LogP contribution in [0.4, 0.5) is 0 Å². The van der Waals surface area contributed by atoms with E-state index in [1.165, 1.54) is 0 Å². The lowest BCUT2D eigenvalue weighted by molar-refractivity contribution is 0.411. The highest BCUT2D eigenvalue weighted by atomic mass is 35.5. The van der Waals surface area contributed by atoms with Gasteiger partial charge in [0, 0.05) is 11.9 Å². The Morgan fingerprint density at radius 2 is 1.73 bits per heavy atom. The maximum Gasteiger partial charge on any atom is 0.234 e. The largest absolute Gasteiger partial charge is 0.424 e. The lowest BCUT2D eigenvalue weighted by Gasteiger charge is -2.16. The summed E-state index contributed by atoms with van der Waals surface area (Å²) in [6.07, 6.45) is 0.405. The topological polar surface area (TPSA) is 85.1 Å². The summed E-state index contributed by atoms with van der Waals surface area (Å²) in [5, 5.41) is 8.35. The Labute approximate surface area is 157 Å². The molecule has 0 bridgehead atoms. The van der Waals surface area contributed by atoms with Crippen LogP contribution in [0.25, 0.3) is 0 Å². The molecule has 1 N–H and O–H groups in total. The van der Waals surface area contributed by atoms with Crippen LogP contribution in [-0.2, 0) is 22.2 Å². The molecular formula is C18H18ClN3O3S. The molecule has 6 nitrogen and oxygen atoms in total. The van der Waals surface area contributed by atoms with E-state index in [0.29, 0.717) is 22.9 Å².